The molecule has 3 aromatic rings. The number of allylic oxidation sites excluding steroid dienone is 2. The summed E-state index contributed by atoms with van der Waals surface area (Å²) in [6.07, 6.45) is 8.88. The zero-order valence-electron chi connectivity index (χ0n) is 13.0. The molecule has 0 aliphatic heterocycles. The molecule has 0 fully saturated rings. The summed E-state index contributed by atoms with van der Waals surface area (Å²) in [7, 11) is 0. The van der Waals surface area contributed by atoms with E-state index in [0.29, 0.717) is 0 Å². The second kappa shape index (κ2) is 7.95. The third-order valence-corrected chi connectivity index (χ3v) is 3.78. The number of hydrogen-bond donors (Lipinski definition) is 0. The van der Waals surface area contributed by atoms with Crippen LogP contribution in [0.4, 0.5) is 0 Å². The Morgan fingerprint density at radius 3 is 1.30 bits per heavy atom. The minimum atomic E-state index is 0.261. The normalized spacial score (nSPS) is 12.7. The van der Waals surface area contributed by atoms with Crippen molar-refractivity contribution in [2.75, 3.05) is 0 Å². The molecule has 0 saturated heterocycles. The van der Waals surface area contributed by atoms with E-state index in [1.807, 2.05) is 12.1 Å². The highest BCUT2D eigenvalue weighted by Crippen LogP contribution is 2.21. The largest absolute Gasteiger partial charge is 0.0726 e. The van der Waals surface area contributed by atoms with E-state index in [9.17, 15) is 0 Å². The van der Waals surface area contributed by atoms with E-state index in [4.69, 9.17) is 0 Å². The maximum Gasteiger partial charge on any atom is 0.0205 e. The Kier molecular flexibility index (Phi) is 5.21. The van der Waals surface area contributed by atoms with Crippen LogP contribution in [0.15, 0.2) is 103 Å². The fourth-order valence-corrected chi connectivity index (χ4v) is 2.52. The number of rotatable bonds is 5. The van der Waals surface area contributed by atoms with Crippen LogP contribution in [0.2, 0.25) is 0 Å². The molecule has 0 aromatic heterocycles. The van der Waals surface area contributed by atoms with Gasteiger partial charge in [0.2, 0.25) is 0 Å². The highest BCUT2D eigenvalue weighted by Gasteiger charge is 2.03. The van der Waals surface area contributed by atoms with Crippen molar-refractivity contribution in [1.82, 2.24) is 0 Å². The van der Waals surface area contributed by atoms with Gasteiger partial charge in [0, 0.05) is 5.92 Å². The average molecular weight is 296 g/mol. The Morgan fingerprint density at radius 1 is 0.478 bits per heavy atom. The SMILES string of the molecule is C(=CC(C=Cc1ccccc1)c1ccccc1)c1ccccc1. The molecule has 112 valence electrons. The van der Waals surface area contributed by atoms with E-state index in [-0.39, 0.29) is 5.92 Å². The summed E-state index contributed by atoms with van der Waals surface area (Å²) >= 11 is 0. The van der Waals surface area contributed by atoms with Gasteiger partial charge in [-0.25, -0.2) is 0 Å². The Labute approximate surface area is 138 Å². The van der Waals surface area contributed by atoms with Crippen molar-refractivity contribution in [1.29, 1.82) is 0 Å². The monoisotopic (exact) mass is 296 g/mol. The summed E-state index contributed by atoms with van der Waals surface area (Å²) in [5.74, 6) is 0.261. The summed E-state index contributed by atoms with van der Waals surface area (Å²) in [6.45, 7) is 0. The highest BCUT2D eigenvalue weighted by molar-refractivity contribution is 5.55. The Morgan fingerprint density at radius 2 is 0.870 bits per heavy atom. The van der Waals surface area contributed by atoms with Gasteiger partial charge >= 0.3 is 0 Å². The van der Waals surface area contributed by atoms with Gasteiger partial charge in [0.1, 0.15) is 0 Å². The zero-order chi connectivity index (χ0) is 15.7. The zero-order valence-corrected chi connectivity index (χ0v) is 13.0. The Balaban J connectivity index is 1.85. The third kappa shape index (κ3) is 4.55. The standard InChI is InChI=1S/C23H20/c1-4-10-20(11-5-1)16-18-23(22-14-8-3-9-15-22)19-17-21-12-6-2-7-13-21/h1-19,23H. The maximum atomic E-state index is 2.25. The van der Waals surface area contributed by atoms with Crippen LogP contribution in [0, 0.1) is 0 Å². The Bertz CT molecular complexity index is 703. The lowest BCUT2D eigenvalue weighted by molar-refractivity contribution is 1.10. The first-order valence-corrected chi connectivity index (χ1v) is 7.93. The smallest absolute Gasteiger partial charge is 0.0205 e. The second-order valence-electron chi connectivity index (χ2n) is 5.48. The van der Waals surface area contributed by atoms with E-state index in [1.54, 1.807) is 0 Å². The van der Waals surface area contributed by atoms with Crippen LogP contribution >= 0.6 is 0 Å². The number of benzene rings is 3. The number of hydrogen-bond acceptors (Lipinski definition) is 0. The molecule has 3 rings (SSSR count). The average Bonchev–Trinajstić information content (AvgIpc) is 2.64. The predicted octanol–water partition coefficient (Wildman–Crippen LogP) is 6.20. The molecule has 0 atom stereocenters. The van der Waals surface area contributed by atoms with Gasteiger partial charge in [-0.1, -0.05) is 115 Å². The summed E-state index contributed by atoms with van der Waals surface area (Å²) in [5, 5.41) is 0. The third-order valence-electron chi connectivity index (χ3n) is 3.78. The van der Waals surface area contributed by atoms with Gasteiger partial charge in [-0.05, 0) is 16.7 Å². The van der Waals surface area contributed by atoms with Crippen molar-refractivity contribution in [3.05, 3.63) is 120 Å². The second-order valence-corrected chi connectivity index (χ2v) is 5.48. The van der Waals surface area contributed by atoms with Gasteiger partial charge in [-0.15, -0.1) is 0 Å². The van der Waals surface area contributed by atoms with E-state index in [2.05, 4.69) is 103 Å². The molecule has 3 aromatic carbocycles. The molecule has 0 N–H and O–H groups in total. The van der Waals surface area contributed by atoms with Crippen molar-refractivity contribution in [2.45, 2.75) is 5.92 Å². The first kappa shape index (κ1) is 15.1. The fourth-order valence-electron chi connectivity index (χ4n) is 2.52. The summed E-state index contributed by atoms with van der Waals surface area (Å²) in [6, 6.07) is 31.4. The molecule has 0 amide bonds. The quantitative estimate of drug-likeness (QED) is 0.526. The summed E-state index contributed by atoms with van der Waals surface area (Å²) in [5.41, 5.74) is 3.75. The summed E-state index contributed by atoms with van der Waals surface area (Å²) in [4.78, 5) is 0. The van der Waals surface area contributed by atoms with Crippen molar-refractivity contribution in [2.24, 2.45) is 0 Å². The fraction of sp³-hybridized carbons (Fsp3) is 0.0435. The Hall–Kier alpha value is -2.86. The van der Waals surface area contributed by atoms with Crippen molar-refractivity contribution >= 4 is 12.2 Å². The topological polar surface area (TPSA) is 0 Å². The van der Waals surface area contributed by atoms with Crippen LogP contribution < -0.4 is 0 Å². The van der Waals surface area contributed by atoms with Gasteiger partial charge in [0.25, 0.3) is 0 Å². The van der Waals surface area contributed by atoms with Crippen molar-refractivity contribution in [3.8, 4) is 0 Å². The van der Waals surface area contributed by atoms with E-state index in [0.717, 1.165) is 0 Å². The molecule has 0 heterocycles. The molecule has 0 heteroatoms. The van der Waals surface area contributed by atoms with Crippen molar-refractivity contribution < 1.29 is 0 Å². The lowest BCUT2D eigenvalue weighted by Gasteiger charge is -2.08. The van der Waals surface area contributed by atoms with Crippen molar-refractivity contribution in [3.63, 3.8) is 0 Å². The van der Waals surface area contributed by atoms with Crippen LogP contribution in [0.5, 0.6) is 0 Å². The van der Waals surface area contributed by atoms with Crippen LogP contribution in [-0.4, -0.2) is 0 Å². The molecule has 0 spiro atoms. The van der Waals surface area contributed by atoms with E-state index in [1.165, 1.54) is 16.7 Å². The first-order chi connectivity index (χ1) is 11.4. The van der Waals surface area contributed by atoms with Crippen LogP contribution in [0.1, 0.15) is 22.6 Å². The van der Waals surface area contributed by atoms with Crippen LogP contribution in [0.3, 0.4) is 0 Å². The maximum absolute atomic E-state index is 2.25. The van der Waals surface area contributed by atoms with E-state index >= 15 is 0 Å². The highest BCUT2D eigenvalue weighted by atomic mass is 14.1. The predicted molar refractivity (Wildman–Crippen MR) is 100 cm³/mol. The van der Waals surface area contributed by atoms with Gasteiger partial charge in [0.15, 0.2) is 0 Å². The molecular formula is C23H20. The van der Waals surface area contributed by atoms with Crippen LogP contribution in [-0.2, 0) is 0 Å². The van der Waals surface area contributed by atoms with Gasteiger partial charge < -0.3 is 0 Å². The molecule has 23 heavy (non-hydrogen) atoms. The minimum Gasteiger partial charge on any atom is -0.0726 e. The van der Waals surface area contributed by atoms with Crippen LogP contribution in [0.25, 0.3) is 12.2 Å². The van der Waals surface area contributed by atoms with Gasteiger partial charge in [-0.3, -0.25) is 0 Å². The molecule has 0 unspecified atom stereocenters. The first-order valence-electron chi connectivity index (χ1n) is 7.93. The van der Waals surface area contributed by atoms with Gasteiger partial charge in [-0.2, -0.15) is 0 Å². The lowest BCUT2D eigenvalue weighted by Crippen LogP contribution is -1.90. The molecular weight excluding hydrogens is 276 g/mol. The molecule has 0 aliphatic carbocycles. The molecule has 0 saturated carbocycles. The molecule has 0 nitrogen and oxygen atoms in total. The van der Waals surface area contributed by atoms with E-state index < -0.39 is 0 Å². The molecule has 0 aliphatic rings. The molecule has 0 bridgehead atoms. The summed E-state index contributed by atoms with van der Waals surface area (Å²) < 4.78 is 0. The molecule has 0 radical (unpaired) electrons. The minimum absolute atomic E-state index is 0.261. The van der Waals surface area contributed by atoms with Gasteiger partial charge in [0.05, 0.1) is 0 Å². The lowest BCUT2D eigenvalue weighted by atomic mass is 9.96.